The molecule has 1 aromatic rings. The highest BCUT2D eigenvalue weighted by molar-refractivity contribution is 7.80. The maximum absolute atomic E-state index is 11.0. The SMILES string of the molecule is O=c1[nH]c(=O)n(CCS)cc1Cl. The van der Waals surface area contributed by atoms with Gasteiger partial charge in [-0.1, -0.05) is 11.6 Å². The van der Waals surface area contributed by atoms with Crippen LogP contribution < -0.4 is 11.2 Å². The van der Waals surface area contributed by atoms with Crippen LogP contribution in [-0.2, 0) is 6.54 Å². The van der Waals surface area contributed by atoms with Crippen molar-refractivity contribution in [1.29, 1.82) is 0 Å². The number of H-pyrrole nitrogens is 1. The van der Waals surface area contributed by atoms with Crippen molar-refractivity contribution < 1.29 is 0 Å². The Kier molecular flexibility index (Phi) is 2.99. The summed E-state index contributed by atoms with van der Waals surface area (Å²) in [5, 5.41) is 0.0105. The lowest BCUT2D eigenvalue weighted by Crippen LogP contribution is -2.30. The summed E-state index contributed by atoms with van der Waals surface area (Å²) in [7, 11) is 0. The average molecular weight is 207 g/mol. The van der Waals surface area contributed by atoms with Crippen LogP contribution in [0.2, 0.25) is 5.02 Å². The summed E-state index contributed by atoms with van der Waals surface area (Å²) in [6.45, 7) is 0.429. The van der Waals surface area contributed by atoms with Gasteiger partial charge in [0, 0.05) is 18.5 Å². The summed E-state index contributed by atoms with van der Waals surface area (Å²) in [6.07, 6.45) is 1.30. The van der Waals surface area contributed by atoms with Crippen molar-refractivity contribution in [2.45, 2.75) is 6.54 Å². The molecule has 0 atom stereocenters. The molecule has 0 amide bonds. The number of halogens is 1. The quantitative estimate of drug-likeness (QED) is 0.676. The fourth-order valence-corrected chi connectivity index (χ4v) is 1.14. The molecule has 12 heavy (non-hydrogen) atoms. The Morgan fingerprint density at radius 1 is 1.58 bits per heavy atom. The highest BCUT2D eigenvalue weighted by Crippen LogP contribution is 1.95. The first kappa shape index (κ1) is 9.41. The highest BCUT2D eigenvalue weighted by atomic mass is 35.5. The van der Waals surface area contributed by atoms with E-state index in [1.54, 1.807) is 0 Å². The molecule has 1 rings (SSSR count). The zero-order valence-corrected chi connectivity index (χ0v) is 7.73. The van der Waals surface area contributed by atoms with Crippen molar-refractivity contribution in [1.82, 2.24) is 9.55 Å². The molecule has 1 N–H and O–H groups in total. The highest BCUT2D eigenvalue weighted by Gasteiger charge is 1.99. The minimum atomic E-state index is -0.558. The van der Waals surface area contributed by atoms with Gasteiger partial charge in [-0.2, -0.15) is 12.6 Å². The minimum Gasteiger partial charge on any atom is -0.298 e. The van der Waals surface area contributed by atoms with Gasteiger partial charge < -0.3 is 0 Å². The molecule has 0 spiro atoms. The Balaban J connectivity index is 3.24. The van der Waals surface area contributed by atoms with Crippen molar-refractivity contribution in [3.05, 3.63) is 32.1 Å². The largest absolute Gasteiger partial charge is 0.328 e. The van der Waals surface area contributed by atoms with Crippen LogP contribution in [0.3, 0.4) is 0 Å². The second-order valence-electron chi connectivity index (χ2n) is 2.15. The lowest BCUT2D eigenvalue weighted by atomic mass is 10.6. The van der Waals surface area contributed by atoms with Gasteiger partial charge in [0.25, 0.3) is 5.56 Å². The van der Waals surface area contributed by atoms with Gasteiger partial charge in [0.1, 0.15) is 5.02 Å². The molecular formula is C6H7ClN2O2S. The van der Waals surface area contributed by atoms with Crippen LogP contribution in [0, 0.1) is 0 Å². The first-order valence-electron chi connectivity index (χ1n) is 3.25. The predicted molar refractivity (Wildman–Crippen MR) is 50.2 cm³/mol. The minimum absolute atomic E-state index is 0.0105. The molecule has 6 heteroatoms. The van der Waals surface area contributed by atoms with E-state index in [0.29, 0.717) is 12.3 Å². The molecule has 0 aliphatic rings. The standard InChI is InChI=1S/C6H7ClN2O2S/c7-4-3-9(1-2-12)6(11)8-5(4)10/h3,12H,1-2H2,(H,8,10,11). The van der Waals surface area contributed by atoms with E-state index in [2.05, 4.69) is 17.6 Å². The Bertz CT molecular complexity index is 384. The normalized spacial score (nSPS) is 10.2. The number of hydrogen-bond donors (Lipinski definition) is 2. The molecule has 0 saturated carbocycles. The summed E-state index contributed by atoms with van der Waals surface area (Å²) in [6, 6.07) is 0. The maximum Gasteiger partial charge on any atom is 0.328 e. The van der Waals surface area contributed by atoms with Gasteiger partial charge in [-0.3, -0.25) is 14.3 Å². The average Bonchev–Trinajstić information content (AvgIpc) is 2.01. The molecule has 0 aliphatic heterocycles. The maximum atomic E-state index is 11.0. The smallest absolute Gasteiger partial charge is 0.298 e. The lowest BCUT2D eigenvalue weighted by molar-refractivity contribution is 0.701. The van der Waals surface area contributed by atoms with Gasteiger partial charge in [-0.15, -0.1) is 0 Å². The molecule has 0 unspecified atom stereocenters. The third kappa shape index (κ3) is 1.92. The molecule has 0 radical (unpaired) electrons. The first-order chi connectivity index (χ1) is 5.65. The fourth-order valence-electron chi connectivity index (χ4n) is 0.757. The van der Waals surface area contributed by atoms with Crippen LogP contribution in [0.1, 0.15) is 0 Å². The summed E-state index contributed by atoms with van der Waals surface area (Å²) in [5.41, 5.74) is -1.02. The number of thiol groups is 1. The Hall–Kier alpha value is -0.680. The number of rotatable bonds is 2. The van der Waals surface area contributed by atoms with Crippen molar-refractivity contribution in [3.63, 3.8) is 0 Å². The fraction of sp³-hybridized carbons (Fsp3) is 0.333. The van der Waals surface area contributed by atoms with Crippen molar-refractivity contribution in [2.75, 3.05) is 5.75 Å². The molecule has 4 nitrogen and oxygen atoms in total. The van der Waals surface area contributed by atoms with E-state index in [-0.39, 0.29) is 5.02 Å². The number of nitrogens with one attached hydrogen (secondary N) is 1. The molecule has 0 fully saturated rings. The van der Waals surface area contributed by atoms with E-state index in [1.807, 2.05) is 0 Å². The summed E-state index contributed by atoms with van der Waals surface area (Å²) in [5.74, 6) is 0.516. The van der Waals surface area contributed by atoms with Gasteiger partial charge >= 0.3 is 5.69 Å². The van der Waals surface area contributed by atoms with E-state index in [9.17, 15) is 9.59 Å². The Morgan fingerprint density at radius 3 is 2.83 bits per heavy atom. The third-order valence-electron chi connectivity index (χ3n) is 1.31. The van der Waals surface area contributed by atoms with E-state index < -0.39 is 11.2 Å². The van der Waals surface area contributed by atoms with Crippen molar-refractivity contribution >= 4 is 24.2 Å². The van der Waals surface area contributed by atoms with Crippen LogP contribution in [0.5, 0.6) is 0 Å². The lowest BCUT2D eigenvalue weighted by Gasteiger charge is -2.00. The van der Waals surface area contributed by atoms with Crippen molar-refractivity contribution in [2.24, 2.45) is 0 Å². The second kappa shape index (κ2) is 3.82. The van der Waals surface area contributed by atoms with Gasteiger partial charge in [0.15, 0.2) is 0 Å². The first-order valence-corrected chi connectivity index (χ1v) is 4.26. The number of nitrogens with zero attached hydrogens (tertiary/aromatic N) is 1. The van der Waals surface area contributed by atoms with Gasteiger partial charge in [0.2, 0.25) is 0 Å². The predicted octanol–water partition coefficient (Wildman–Crippen LogP) is 0.120. The molecule has 0 bridgehead atoms. The van der Waals surface area contributed by atoms with Crippen LogP contribution in [0.25, 0.3) is 0 Å². The molecule has 0 aliphatic carbocycles. The number of hydrogen-bond acceptors (Lipinski definition) is 3. The summed E-state index contributed by atoms with van der Waals surface area (Å²) >= 11 is 9.44. The number of aryl methyl sites for hydroxylation is 1. The zero-order chi connectivity index (χ0) is 9.14. The summed E-state index contributed by atoms with van der Waals surface area (Å²) in [4.78, 5) is 23.9. The van der Waals surface area contributed by atoms with Gasteiger partial charge in [0.05, 0.1) is 0 Å². The third-order valence-corrected chi connectivity index (χ3v) is 1.78. The zero-order valence-electron chi connectivity index (χ0n) is 6.08. The Morgan fingerprint density at radius 2 is 2.25 bits per heavy atom. The summed E-state index contributed by atoms with van der Waals surface area (Å²) < 4.78 is 1.30. The number of aromatic amines is 1. The molecule has 66 valence electrons. The molecule has 0 saturated heterocycles. The van der Waals surface area contributed by atoms with Crippen LogP contribution in [0.15, 0.2) is 15.8 Å². The van der Waals surface area contributed by atoms with E-state index >= 15 is 0 Å². The van der Waals surface area contributed by atoms with E-state index in [0.717, 1.165) is 0 Å². The Labute approximate surface area is 78.6 Å². The monoisotopic (exact) mass is 206 g/mol. The topological polar surface area (TPSA) is 54.9 Å². The van der Waals surface area contributed by atoms with E-state index in [4.69, 9.17) is 11.6 Å². The van der Waals surface area contributed by atoms with Crippen LogP contribution >= 0.6 is 24.2 Å². The molecular weight excluding hydrogens is 200 g/mol. The second-order valence-corrected chi connectivity index (χ2v) is 3.01. The van der Waals surface area contributed by atoms with Crippen molar-refractivity contribution in [3.8, 4) is 0 Å². The van der Waals surface area contributed by atoms with Gasteiger partial charge in [-0.05, 0) is 0 Å². The molecule has 1 aromatic heterocycles. The van der Waals surface area contributed by atoms with Crippen LogP contribution in [-0.4, -0.2) is 15.3 Å². The molecule has 0 aromatic carbocycles. The van der Waals surface area contributed by atoms with E-state index in [1.165, 1.54) is 10.8 Å². The number of aromatic nitrogens is 2. The van der Waals surface area contributed by atoms with Crippen LogP contribution in [0.4, 0.5) is 0 Å². The van der Waals surface area contributed by atoms with Gasteiger partial charge in [-0.25, -0.2) is 4.79 Å². The molecule has 1 heterocycles.